The van der Waals surface area contributed by atoms with Gasteiger partial charge in [0.1, 0.15) is 35.4 Å². The van der Waals surface area contributed by atoms with Crippen molar-refractivity contribution in [2.75, 3.05) is 31.8 Å². The lowest BCUT2D eigenvalue weighted by Gasteiger charge is -2.26. The summed E-state index contributed by atoms with van der Waals surface area (Å²) in [6.07, 6.45) is 3.80. The monoisotopic (exact) mass is 514 g/mol. The highest BCUT2D eigenvalue weighted by Gasteiger charge is 2.33. The largest absolute Gasteiger partial charge is 0.486 e. The predicted octanol–water partition coefficient (Wildman–Crippen LogP) is 2.32. The minimum absolute atomic E-state index is 0.0880. The van der Waals surface area contributed by atoms with Gasteiger partial charge in [0.05, 0.1) is 18.8 Å². The van der Waals surface area contributed by atoms with Gasteiger partial charge in [-0.1, -0.05) is 30.0 Å². The predicted molar refractivity (Wildman–Crippen MR) is 137 cm³/mol. The lowest BCUT2D eigenvalue weighted by molar-refractivity contribution is -0.120. The zero-order valence-electron chi connectivity index (χ0n) is 20.7. The first-order valence-corrected chi connectivity index (χ1v) is 12.1. The second-order valence-electron chi connectivity index (χ2n) is 8.93. The molecule has 0 radical (unpaired) electrons. The number of nitrogens with zero attached hydrogens (tertiary/aromatic N) is 3. The van der Waals surface area contributed by atoms with Gasteiger partial charge in [-0.15, -0.1) is 0 Å². The van der Waals surface area contributed by atoms with Crippen LogP contribution in [0.4, 0.5) is 5.82 Å². The molecule has 0 saturated carbocycles. The summed E-state index contributed by atoms with van der Waals surface area (Å²) in [5.74, 6) is 6.57. The highest BCUT2D eigenvalue weighted by molar-refractivity contribution is 6.02. The summed E-state index contributed by atoms with van der Waals surface area (Å²) in [5, 5.41) is 13.4. The average Bonchev–Trinajstić information content (AvgIpc) is 3.05. The molecule has 0 unspecified atom stereocenters. The van der Waals surface area contributed by atoms with E-state index in [1.165, 1.54) is 23.4 Å². The van der Waals surface area contributed by atoms with Crippen LogP contribution in [-0.2, 0) is 9.53 Å². The second kappa shape index (κ2) is 10.9. The van der Waals surface area contributed by atoms with Gasteiger partial charge in [-0.05, 0) is 24.3 Å². The standard InChI is InChI=1S/C28H26N4O6/c1-32-25-24(19(8-13-30-25)7-10-28(35)11-15-36-16-12-28)37-18-23(27(32)34)31-26(33)22-17-21(9-14-29-22)38-20-5-3-2-4-6-20/h2-6,8-9,13-14,17,23,35H,11-12,15-16,18H2,1H3,(H,31,33)/t23-/m0/s1. The fourth-order valence-electron chi connectivity index (χ4n) is 4.07. The van der Waals surface area contributed by atoms with E-state index in [9.17, 15) is 14.7 Å². The van der Waals surface area contributed by atoms with Crippen LogP contribution in [0.3, 0.4) is 0 Å². The highest BCUT2D eigenvalue weighted by atomic mass is 16.5. The Labute approximate surface area is 219 Å². The molecule has 2 N–H and O–H groups in total. The first-order chi connectivity index (χ1) is 18.4. The number of para-hydroxylation sites is 1. The number of rotatable bonds is 4. The number of carbonyl (C=O) groups excluding carboxylic acids is 2. The Morgan fingerprint density at radius 1 is 1.13 bits per heavy atom. The van der Waals surface area contributed by atoms with Crippen molar-refractivity contribution in [1.29, 1.82) is 0 Å². The zero-order chi connectivity index (χ0) is 26.5. The van der Waals surface area contributed by atoms with Crippen LogP contribution >= 0.6 is 0 Å². The summed E-state index contributed by atoms with van der Waals surface area (Å²) in [5.41, 5.74) is -0.581. The van der Waals surface area contributed by atoms with Gasteiger partial charge in [0.25, 0.3) is 11.8 Å². The van der Waals surface area contributed by atoms with Gasteiger partial charge in [0, 0.05) is 38.3 Å². The number of amides is 2. The second-order valence-corrected chi connectivity index (χ2v) is 8.93. The van der Waals surface area contributed by atoms with Gasteiger partial charge in [0.15, 0.2) is 11.6 Å². The summed E-state index contributed by atoms with van der Waals surface area (Å²) >= 11 is 0. The normalized spacial score (nSPS) is 18.2. The van der Waals surface area contributed by atoms with Crippen molar-refractivity contribution in [2.45, 2.75) is 24.5 Å². The maximum Gasteiger partial charge on any atom is 0.270 e. The third kappa shape index (κ3) is 5.59. The van der Waals surface area contributed by atoms with E-state index in [1.807, 2.05) is 18.2 Å². The highest BCUT2D eigenvalue weighted by Crippen LogP contribution is 2.32. The van der Waals surface area contributed by atoms with Crippen molar-refractivity contribution >= 4 is 17.6 Å². The topological polar surface area (TPSA) is 123 Å². The van der Waals surface area contributed by atoms with Crippen LogP contribution in [0, 0.1) is 11.8 Å². The molecule has 194 valence electrons. The van der Waals surface area contributed by atoms with Gasteiger partial charge >= 0.3 is 0 Å². The molecule has 1 saturated heterocycles. The molecule has 0 spiro atoms. The Balaban J connectivity index is 1.32. The molecular formula is C28H26N4O6. The molecule has 10 heteroatoms. The Morgan fingerprint density at radius 3 is 2.68 bits per heavy atom. The van der Waals surface area contributed by atoms with Crippen molar-refractivity contribution in [2.24, 2.45) is 0 Å². The number of aromatic nitrogens is 2. The van der Waals surface area contributed by atoms with Crippen LogP contribution in [0.15, 0.2) is 60.9 Å². The van der Waals surface area contributed by atoms with Crippen LogP contribution in [0.2, 0.25) is 0 Å². The van der Waals surface area contributed by atoms with Crippen molar-refractivity contribution in [3.05, 3.63) is 72.2 Å². The third-order valence-corrected chi connectivity index (χ3v) is 6.22. The van der Waals surface area contributed by atoms with Crippen LogP contribution in [-0.4, -0.2) is 65.4 Å². The zero-order valence-corrected chi connectivity index (χ0v) is 20.7. The Kier molecular flexibility index (Phi) is 7.22. The van der Waals surface area contributed by atoms with Crippen molar-refractivity contribution in [3.63, 3.8) is 0 Å². The van der Waals surface area contributed by atoms with E-state index in [0.717, 1.165) is 0 Å². The summed E-state index contributed by atoms with van der Waals surface area (Å²) in [6.45, 7) is 0.733. The number of pyridine rings is 2. The van der Waals surface area contributed by atoms with Crippen LogP contribution in [0.5, 0.6) is 17.2 Å². The molecular weight excluding hydrogens is 488 g/mol. The van der Waals surface area contributed by atoms with E-state index in [0.29, 0.717) is 48.9 Å². The number of likely N-dealkylation sites (N-methyl/N-ethyl adjacent to an activating group) is 1. The summed E-state index contributed by atoms with van der Waals surface area (Å²) in [7, 11) is 1.55. The Morgan fingerprint density at radius 2 is 1.89 bits per heavy atom. The van der Waals surface area contributed by atoms with Gasteiger partial charge in [-0.2, -0.15) is 0 Å². The molecule has 5 rings (SSSR count). The van der Waals surface area contributed by atoms with Crippen molar-refractivity contribution in [1.82, 2.24) is 15.3 Å². The maximum atomic E-state index is 13.2. The van der Waals surface area contributed by atoms with Gasteiger partial charge < -0.3 is 24.6 Å². The number of ether oxygens (including phenoxy) is 3. The number of nitrogens with one attached hydrogen (secondary N) is 1. The van der Waals surface area contributed by atoms with Crippen LogP contribution in [0.25, 0.3) is 0 Å². The van der Waals surface area contributed by atoms with Gasteiger partial charge in [-0.25, -0.2) is 4.98 Å². The minimum Gasteiger partial charge on any atom is -0.486 e. The molecule has 1 aromatic carbocycles. The number of benzene rings is 1. The third-order valence-electron chi connectivity index (χ3n) is 6.22. The first kappa shape index (κ1) is 25.2. The number of carbonyl (C=O) groups is 2. The molecule has 0 aliphatic carbocycles. The molecule has 0 bridgehead atoms. The van der Waals surface area contributed by atoms with Crippen LogP contribution < -0.4 is 19.7 Å². The maximum absolute atomic E-state index is 13.2. The number of anilines is 1. The van der Waals surface area contributed by atoms with E-state index in [1.54, 1.807) is 31.3 Å². The van der Waals surface area contributed by atoms with E-state index >= 15 is 0 Å². The fraction of sp³-hybridized carbons (Fsp3) is 0.286. The molecule has 38 heavy (non-hydrogen) atoms. The molecule has 2 aliphatic rings. The quantitative estimate of drug-likeness (QED) is 0.509. The van der Waals surface area contributed by atoms with Crippen molar-refractivity contribution in [3.8, 4) is 29.1 Å². The Bertz CT molecular complexity index is 1400. The smallest absolute Gasteiger partial charge is 0.270 e. The number of fused-ring (bicyclic) bond motifs is 1. The molecule has 10 nitrogen and oxygen atoms in total. The minimum atomic E-state index is -1.15. The Hall–Kier alpha value is -4.46. The number of hydrogen-bond acceptors (Lipinski definition) is 8. The fourth-order valence-corrected chi connectivity index (χ4v) is 4.07. The van der Waals surface area contributed by atoms with Gasteiger partial charge in [-0.3, -0.25) is 19.5 Å². The molecule has 3 aromatic rings. The molecule has 2 aromatic heterocycles. The lowest BCUT2D eigenvalue weighted by atomic mass is 9.95. The van der Waals surface area contributed by atoms with Gasteiger partial charge in [0.2, 0.25) is 0 Å². The van der Waals surface area contributed by atoms with Crippen molar-refractivity contribution < 1.29 is 28.9 Å². The SMILES string of the molecule is CN1C(=O)[C@@H](NC(=O)c2cc(Oc3ccccc3)ccn2)COc2c(C#CC3(O)CCOCC3)ccnc21. The lowest BCUT2D eigenvalue weighted by Crippen LogP contribution is -2.49. The van der Waals surface area contributed by atoms with E-state index < -0.39 is 23.5 Å². The average molecular weight is 515 g/mol. The summed E-state index contributed by atoms with van der Waals surface area (Å²) < 4.78 is 17.0. The summed E-state index contributed by atoms with van der Waals surface area (Å²) in [4.78, 5) is 36.0. The first-order valence-electron chi connectivity index (χ1n) is 12.1. The van der Waals surface area contributed by atoms with E-state index in [2.05, 4.69) is 27.1 Å². The molecule has 1 atom stereocenters. The van der Waals surface area contributed by atoms with E-state index in [-0.39, 0.29) is 18.1 Å². The number of hydrogen-bond donors (Lipinski definition) is 2. The van der Waals surface area contributed by atoms with Crippen LogP contribution in [0.1, 0.15) is 28.9 Å². The molecule has 2 amide bonds. The van der Waals surface area contributed by atoms with E-state index in [4.69, 9.17) is 14.2 Å². The summed E-state index contributed by atoms with van der Waals surface area (Å²) in [6, 6.07) is 13.0. The molecule has 2 aliphatic heterocycles. The molecule has 1 fully saturated rings. The molecule has 4 heterocycles. The number of aliphatic hydroxyl groups is 1.